The first kappa shape index (κ1) is 15.5. The highest BCUT2D eigenvalue weighted by atomic mass is 32.2. The smallest absolute Gasteiger partial charge is 0.274 e. The van der Waals surface area contributed by atoms with Crippen molar-refractivity contribution in [1.82, 2.24) is 10.0 Å². The topological polar surface area (TPSA) is 71.3 Å². The Labute approximate surface area is 121 Å². The van der Waals surface area contributed by atoms with Crippen molar-refractivity contribution in [1.29, 1.82) is 0 Å². The highest BCUT2D eigenvalue weighted by molar-refractivity contribution is 7.89. The van der Waals surface area contributed by atoms with Crippen molar-refractivity contribution in [3.8, 4) is 0 Å². The van der Waals surface area contributed by atoms with Crippen LogP contribution in [0.15, 0.2) is 21.6 Å². The van der Waals surface area contributed by atoms with Gasteiger partial charge in [0.2, 0.25) is 5.09 Å². The lowest BCUT2D eigenvalue weighted by molar-refractivity contribution is 0.358. The van der Waals surface area contributed by atoms with E-state index in [9.17, 15) is 8.42 Å². The molecule has 0 spiro atoms. The Morgan fingerprint density at radius 1 is 1.25 bits per heavy atom. The largest absolute Gasteiger partial charge is 0.447 e. The average Bonchev–Trinajstić information content (AvgIpc) is 2.95. The molecule has 1 aliphatic carbocycles. The Hall–Kier alpha value is -0.850. The molecule has 0 amide bonds. The molecule has 0 aliphatic heterocycles. The number of hydrogen-bond donors (Lipinski definition) is 2. The minimum Gasteiger partial charge on any atom is -0.447 e. The summed E-state index contributed by atoms with van der Waals surface area (Å²) in [6.07, 6.45) is 4.01. The van der Waals surface area contributed by atoms with Gasteiger partial charge in [-0.05, 0) is 45.7 Å². The van der Waals surface area contributed by atoms with Crippen LogP contribution in [0.1, 0.15) is 52.2 Å². The number of rotatable bonds is 5. The highest BCUT2D eigenvalue weighted by Crippen LogP contribution is 2.21. The molecule has 1 aliphatic rings. The lowest BCUT2D eigenvalue weighted by Crippen LogP contribution is -2.35. The van der Waals surface area contributed by atoms with Crippen LogP contribution in [0.25, 0.3) is 0 Å². The van der Waals surface area contributed by atoms with Crippen LogP contribution in [0, 0.1) is 0 Å². The van der Waals surface area contributed by atoms with Gasteiger partial charge in [0.05, 0.1) is 6.54 Å². The third kappa shape index (κ3) is 4.33. The van der Waals surface area contributed by atoms with Crippen LogP contribution in [-0.4, -0.2) is 20.0 Å². The van der Waals surface area contributed by atoms with Crippen LogP contribution in [0.4, 0.5) is 0 Å². The summed E-state index contributed by atoms with van der Waals surface area (Å²) in [4.78, 5) is 0. The highest BCUT2D eigenvalue weighted by Gasteiger charge is 2.25. The molecule has 1 aromatic heterocycles. The van der Waals surface area contributed by atoms with Gasteiger partial charge in [0.1, 0.15) is 5.76 Å². The van der Waals surface area contributed by atoms with Gasteiger partial charge >= 0.3 is 0 Å². The van der Waals surface area contributed by atoms with E-state index in [0.717, 1.165) is 25.7 Å². The van der Waals surface area contributed by atoms with Crippen molar-refractivity contribution in [3.05, 3.63) is 17.9 Å². The standard InChI is InChI=1S/C14H24N2O3S/c1-14(2,3)15-10-12-8-9-13(19-12)20(17,18)16-11-6-4-5-7-11/h8-9,11,15-16H,4-7,10H2,1-3H3. The van der Waals surface area contributed by atoms with Gasteiger partial charge in [-0.25, -0.2) is 13.1 Å². The van der Waals surface area contributed by atoms with Crippen LogP contribution < -0.4 is 10.0 Å². The molecular weight excluding hydrogens is 276 g/mol. The fraction of sp³-hybridized carbons (Fsp3) is 0.714. The second-order valence-electron chi connectivity index (χ2n) is 6.43. The molecule has 2 N–H and O–H groups in total. The van der Waals surface area contributed by atoms with E-state index in [2.05, 4.69) is 30.8 Å². The van der Waals surface area contributed by atoms with E-state index in [-0.39, 0.29) is 16.7 Å². The maximum Gasteiger partial charge on any atom is 0.274 e. The number of nitrogens with one attached hydrogen (secondary N) is 2. The number of furan rings is 1. The number of hydrogen-bond acceptors (Lipinski definition) is 4. The zero-order valence-corrected chi connectivity index (χ0v) is 13.2. The van der Waals surface area contributed by atoms with Gasteiger partial charge in [-0.15, -0.1) is 0 Å². The van der Waals surface area contributed by atoms with Crippen molar-refractivity contribution < 1.29 is 12.8 Å². The molecule has 0 bridgehead atoms. The summed E-state index contributed by atoms with van der Waals surface area (Å²) in [6.45, 7) is 6.67. The van der Waals surface area contributed by atoms with E-state index in [4.69, 9.17) is 4.42 Å². The first-order valence-electron chi connectivity index (χ1n) is 7.12. The Bertz CT molecular complexity index is 537. The van der Waals surface area contributed by atoms with Gasteiger partial charge in [0, 0.05) is 11.6 Å². The maximum absolute atomic E-state index is 12.2. The molecule has 1 aromatic rings. The average molecular weight is 300 g/mol. The van der Waals surface area contributed by atoms with E-state index >= 15 is 0 Å². The van der Waals surface area contributed by atoms with Crippen LogP contribution in [-0.2, 0) is 16.6 Å². The molecule has 6 heteroatoms. The molecule has 5 nitrogen and oxygen atoms in total. The van der Waals surface area contributed by atoms with E-state index < -0.39 is 10.0 Å². The summed E-state index contributed by atoms with van der Waals surface area (Å²) in [6, 6.07) is 3.29. The minimum atomic E-state index is -3.52. The van der Waals surface area contributed by atoms with Crippen LogP contribution in [0.5, 0.6) is 0 Å². The van der Waals surface area contributed by atoms with Crippen molar-refractivity contribution in [3.63, 3.8) is 0 Å². The van der Waals surface area contributed by atoms with E-state index in [1.165, 1.54) is 6.07 Å². The van der Waals surface area contributed by atoms with Crippen molar-refractivity contribution in [2.75, 3.05) is 0 Å². The van der Waals surface area contributed by atoms with E-state index in [1.54, 1.807) is 6.07 Å². The molecule has 114 valence electrons. The molecule has 1 saturated carbocycles. The fourth-order valence-corrected chi connectivity index (χ4v) is 3.53. The maximum atomic E-state index is 12.2. The van der Waals surface area contributed by atoms with Gasteiger partial charge in [-0.1, -0.05) is 12.8 Å². The van der Waals surface area contributed by atoms with Gasteiger partial charge in [0.15, 0.2) is 0 Å². The van der Waals surface area contributed by atoms with E-state index in [0.29, 0.717) is 12.3 Å². The van der Waals surface area contributed by atoms with Crippen LogP contribution in [0.2, 0.25) is 0 Å². The van der Waals surface area contributed by atoms with E-state index in [1.807, 2.05) is 0 Å². The first-order valence-corrected chi connectivity index (χ1v) is 8.61. The molecule has 2 rings (SSSR count). The second-order valence-corrected chi connectivity index (χ2v) is 8.07. The SMILES string of the molecule is CC(C)(C)NCc1ccc(S(=O)(=O)NC2CCCC2)o1. The molecule has 0 atom stereocenters. The molecule has 0 unspecified atom stereocenters. The van der Waals surface area contributed by atoms with Crippen molar-refractivity contribution >= 4 is 10.0 Å². The van der Waals surface area contributed by atoms with Crippen molar-refractivity contribution in [2.45, 2.75) is 69.7 Å². The van der Waals surface area contributed by atoms with Crippen molar-refractivity contribution in [2.24, 2.45) is 0 Å². The van der Waals surface area contributed by atoms with Gasteiger partial charge in [0.25, 0.3) is 10.0 Å². The van der Waals surface area contributed by atoms with Gasteiger partial charge in [-0.2, -0.15) is 0 Å². The Morgan fingerprint density at radius 3 is 2.50 bits per heavy atom. The Morgan fingerprint density at radius 2 is 1.90 bits per heavy atom. The predicted molar refractivity (Wildman–Crippen MR) is 77.9 cm³/mol. The summed E-state index contributed by atoms with van der Waals surface area (Å²) in [5.41, 5.74) is -0.0338. The third-order valence-electron chi connectivity index (χ3n) is 3.37. The molecular formula is C14H24N2O3S. The minimum absolute atomic E-state index is 0.00936. The molecule has 0 radical (unpaired) electrons. The van der Waals surface area contributed by atoms with Crippen LogP contribution >= 0.6 is 0 Å². The zero-order valence-electron chi connectivity index (χ0n) is 12.4. The van der Waals surface area contributed by atoms with Gasteiger partial charge < -0.3 is 9.73 Å². The predicted octanol–water partition coefficient (Wildman–Crippen LogP) is 2.39. The quantitative estimate of drug-likeness (QED) is 0.876. The zero-order chi connectivity index (χ0) is 14.8. The van der Waals surface area contributed by atoms with Gasteiger partial charge in [-0.3, -0.25) is 0 Å². The number of sulfonamides is 1. The molecule has 20 heavy (non-hydrogen) atoms. The third-order valence-corrected chi connectivity index (χ3v) is 4.76. The summed E-state index contributed by atoms with van der Waals surface area (Å²) >= 11 is 0. The molecule has 1 heterocycles. The lowest BCUT2D eigenvalue weighted by Gasteiger charge is -2.19. The molecule has 0 saturated heterocycles. The van der Waals surface area contributed by atoms with Crippen LogP contribution in [0.3, 0.4) is 0 Å². The Balaban J connectivity index is 1.99. The molecule has 0 aromatic carbocycles. The summed E-state index contributed by atoms with van der Waals surface area (Å²) in [5, 5.41) is 3.28. The Kier molecular flexibility index (Phi) is 4.56. The fourth-order valence-electron chi connectivity index (χ4n) is 2.27. The monoisotopic (exact) mass is 300 g/mol. The lowest BCUT2D eigenvalue weighted by atomic mass is 10.1. The normalized spacial score (nSPS) is 17.8. The summed E-state index contributed by atoms with van der Waals surface area (Å²) in [5.74, 6) is 0.631. The summed E-state index contributed by atoms with van der Waals surface area (Å²) < 4.78 is 32.5. The first-order chi connectivity index (χ1) is 9.26. The summed E-state index contributed by atoms with van der Waals surface area (Å²) in [7, 11) is -3.52. The second kappa shape index (κ2) is 5.87. The molecule has 1 fully saturated rings.